The van der Waals surface area contributed by atoms with Gasteiger partial charge in [-0.3, -0.25) is 5.10 Å². The Hall–Kier alpha value is -3.15. The predicted octanol–water partition coefficient (Wildman–Crippen LogP) is 3.13. The van der Waals surface area contributed by atoms with Crippen molar-refractivity contribution < 1.29 is 0 Å². The minimum absolute atomic E-state index is 0.784. The fourth-order valence-corrected chi connectivity index (χ4v) is 3.45. The molecule has 1 aromatic carbocycles. The first-order chi connectivity index (χ1) is 11.9. The van der Waals surface area contributed by atoms with Crippen LogP contribution in [-0.2, 0) is 0 Å². The van der Waals surface area contributed by atoms with Gasteiger partial charge in [0.15, 0.2) is 5.65 Å². The number of H-pyrrole nitrogens is 2. The van der Waals surface area contributed by atoms with Crippen molar-refractivity contribution in [3.63, 3.8) is 0 Å². The van der Waals surface area contributed by atoms with Gasteiger partial charge in [-0.2, -0.15) is 5.10 Å². The molecule has 6 nitrogen and oxygen atoms in total. The summed E-state index contributed by atoms with van der Waals surface area (Å²) >= 11 is 0. The van der Waals surface area contributed by atoms with Crippen LogP contribution >= 0.6 is 0 Å². The van der Waals surface area contributed by atoms with Crippen LogP contribution in [0.3, 0.4) is 0 Å². The third kappa shape index (κ3) is 2.00. The van der Waals surface area contributed by atoms with E-state index >= 15 is 0 Å². The number of hydrogen-bond donors (Lipinski definition) is 2. The first-order valence-electron chi connectivity index (χ1n) is 8.05. The lowest BCUT2D eigenvalue weighted by Gasteiger charge is -2.27. The molecule has 0 amide bonds. The Morgan fingerprint density at radius 2 is 2.04 bits per heavy atom. The highest BCUT2D eigenvalue weighted by atomic mass is 15.2. The van der Waals surface area contributed by atoms with Crippen LogP contribution in [0, 0.1) is 0 Å². The maximum absolute atomic E-state index is 4.46. The number of benzene rings is 1. The highest BCUT2D eigenvalue weighted by molar-refractivity contribution is 5.93. The zero-order valence-electron chi connectivity index (χ0n) is 13.0. The average Bonchev–Trinajstić information content (AvgIpc) is 3.28. The van der Waals surface area contributed by atoms with Crippen molar-refractivity contribution in [3.8, 4) is 0 Å². The second-order valence-corrected chi connectivity index (χ2v) is 6.00. The van der Waals surface area contributed by atoms with Crippen molar-refractivity contribution in [2.75, 3.05) is 18.0 Å². The molecular weight excluding hydrogens is 300 g/mol. The summed E-state index contributed by atoms with van der Waals surface area (Å²) in [6.45, 7) is 1.77. The summed E-state index contributed by atoms with van der Waals surface area (Å²) in [6.07, 6.45) is 8.79. The topological polar surface area (TPSA) is 73.5 Å². The molecule has 2 N–H and O–H groups in total. The number of aromatic amines is 2. The van der Waals surface area contributed by atoms with Crippen LogP contribution in [0.5, 0.6) is 0 Å². The van der Waals surface area contributed by atoms with E-state index in [0.29, 0.717) is 0 Å². The molecule has 4 aromatic rings. The summed E-state index contributed by atoms with van der Waals surface area (Å²) in [5.41, 5.74) is 4.67. The quantitative estimate of drug-likeness (QED) is 0.596. The van der Waals surface area contributed by atoms with E-state index in [1.807, 2.05) is 0 Å². The first-order valence-corrected chi connectivity index (χ1v) is 8.05. The lowest BCUT2D eigenvalue weighted by atomic mass is 9.99. The lowest BCUT2D eigenvalue weighted by molar-refractivity contribution is 0.819. The number of aromatic nitrogens is 5. The van der Waals surface area contributed by atoms with Gasteiger partial charge < -0.3 is 9.88 Å². The van der Waals surface area contributed by atoms with Gasteiger partial charge in [0.1, 0.15) is 12.1 Å². The molecule has 24 heavy (non-hydrogen) atoms. The van der Waals surface area contributed by atoms with Crippen LogP contribution in [-0.4, -0.2) is 38.2 Å². The highest BCUT2D eigenvalue weighted by Gasteiger charge is 2.18. The molecular formula is C18H16N6. The Morgan fingerprint density at radius 3 is 2.96 bits per heavy atom. The number of rotatable bonds is 2. The number of nitrogens with zero attached hydrogens (tertiary/aromatic N) is 4. The number of fused-ring (bicyclic) bond motifs is 2. The summed E-state index contributed by atoms with van der Waals surface area (Å²) < 4.78 is 0. The minimum atomic E-state index is 0.784. The van der Waals surface area contributed by atoms with Gasteiger partial charge in [-0.05, 0) is 18.1 Å². The molecule has 0 saturated heterocycles. The van der Waals surface area contributed by atoms with Crippen molar-refractivity contribution in [1.29, 1.82) is 0 Å². The molecule has 5 rings (SSSR count). The van der Waals surface area contributed by atoms with E-state index in [0.717, 1.165) is 36.4 Å². The summed E-state index contributed by atoms with van der Waals surface area (Å²) in [7, 11) is 0. The Balaban J connectivity index is 1.48. The Morgan fingerprint density at radius 1 is 1.08 bits per heavy atom. The molecule has 0 bridgehead atoms. The second kappa shape index (κ2) is 5.19. The average molecular weight is 316 g/mol. The number of hydrogen-bond acceptors (Lipinski definition) is 4. The van der Waals surface area contributed by atoms with Crippen molar-refractivity contribution in [2.45, 2.75) is 6.42 Å². The predicted molar refractivity (Wildman–Crippen MR) is 94.8 cm³/mol. The number of anilines is 1. The third-order valence-electron chi connectivity index (χ3n) is 4.67. The molecule has 0 fully saturated rings. The SMILES string of the molecule is C1=C(c2c[nH]c3ccccc23)CCN(c2ncnc3[nH]ncc23)C1. The first kappa shape index (κ1) is 13.3. The van der Waals surface area contributed by atoms with Gasteiger partial charge >= 0.3 is 0 Å². The fourth-order valence-electron chi connectivity index (χ4n) is 3.45. The van der Waals surface area contributed by atoms with Crippen LogP contribution in [0.2, 0.25) is 0 Å². The van der Waals surface area contributed by atoms with Crippen molar-refractivity contribution in [2.24, 2.45) is 0 Å². The van der Waals surface area contributed by atoms with Gasteiger partial charge in [0.25, 0.3) is 0 Å². The smallest absolute Gasteiger partial charge is 0.160 e. The molecule has 6 heteroatoms. The van der Waals surface area contributed by atoms with Gasteiger partial charge in [0.05, 0.1) is 11.6 Å². The summed E-state index contributed by atoms with van der Waals surface area (Å²) in [5, 5.41) is 9.24. The van der Waals surface area contributed by atoms with Crippen LogP contribution in [0.4, 0.5) is 5.82 Å². The van der Waals surface area contributed by atoms with E-state index in [9.17, 15) is 0 Å². The van der Waals surface area contributed by atoms with Crippen LogP contribution in [0.1, 0.15) is 12.0 Å². The maximum atomic E-state index is 4.46. The summed E-state index contributed by atoms with van der Waals surface area (Å²) in [5.74, 6) is 0.947. The summed E-state index contributed by atoms with van der Waals surface area (Å²) in [4.78, 5) is 14.3. The minimum Gasteiger partial charge on any atom is -0.361 e. The van der Waals surface area contributed by atoms with Gasteiger partial charge in [-0.1, -0.05) is 24.3 Å². The molecule has 0 saturated carbocycles. The standard InChI is InChI=1S/C18H16N6/c1-2-4-16-13(3-1)14(9-19-16)12-5-7-24(8-6-12)18-15-10-22-23-17(15)20-11-21-18/h1-5,9-11,19H,6-8H2,(H,20,21,22,23). The fraction of sp³-hybridized carbons (Fsp3) is 0.167. The van der Waals surface area contributed by atoms with Crippen LogP contribution in [0.25, 0.3) is 27.5 Å². The second-order valence-electron chi connectivity index (χ2n) is 6.00. The largest absolute Gasteiger partial charge is 0.361 e. The van der Waals surface area contributed by atoms with Gasteiger partial charge in [0.2, 0.25) is 0 Å². The van der Waals surface area contributed by atoms with Crippen molar-refractivity contribution >= 4 is 33.3 Å². The number of nitrogens with one attached hydrogen (secondary N) is 2. The molecule has 4 heterocycles. The van der Waals surface area contributed by atoms with Crippen LogP contribution in [0.15, 0.2) is 49.1 Å². The molecule has 118 valence electrons. The van der Waals surface area contributed by atoms with Crippen LogP contribution < -0.4 is 4.90 Å². The molecule has 0 aliphatic carbocycles. The molecule has 0 spiro atoms. The lowest BCUT2D eigenvalue weighted by Crippen LogP contribution is -2.29. The Bertz CT molecular complexity index is 1060. The van der Waals surface area contributed by atoms with Gasteiger partial charge in [0, 0.05) is 35.8 Å². The van der Waals surface area contributed by atoms with E-state index in [1.54, 1.807) is 12.5 Å². The third-order valence-corrected chi connectivity index (χ3v) is 4.67. The monoisotopic (exact) mass is 316 g/mol. The molecule has 1 aliphatic heterocycles. The van der Waals surface area contributed by atoms with Crippen molar-refractivity contribution in [1.82, 2.24) is 25.1 Å². The van der Waals surface area contributed by atoms with E-state index in [2.05, 4.69) is 66.6 Å². The van der Waals surface area contributed by atoms with Gasteiger partial charge in [-0.25, -0.2) is 9.97 Å². The van der Waals surface area contributed by atoms with E-state index in [1.165, 1.54) is 22.0 Å². The zero-order chi connectivity index (χ0) is 15.9. The maximum Gasteiger partial charge on any atom is 0.160 e. The normalized spacial score (nSPS) is 15.2. The van der Waals surface area contributed by atoms with E-state index in [-0.39, 0.29) is 0 Å². The molecule has 0 unspecified atom stereocenters. The summed E-state index contributed by atoms with van der Waals surface area (Å²) in [6, 6.07) is 8.44. The number of para-hydroxylation sites is 1. The molecule has 0 radical (unpaired) electrons. The van der Waals surface area contributed by atoms with Crippen molar-refractivity contribution in [3.05, 3.63) is 54.6 Å². The Labute approximate surface area is 138 Å². The van der Waals surface area contributed by atoms with E-state index < -0.39 is 0 Å². The zero-order valence-corrected chi connectivity index (χ0v) is 13.0. The van der Waals surface area contributed by atoms with E-state index in [4.69, 9.17) is 0 Å². The highest BCUT2D eigenvalue weighted by Crippen LogP contribution is 2.31. The molecule has 3 aromatic heterocycles. The molecule has 1 aliphatic rings. The van der Waals surface area contributed by atoms with Gasteiger partial charge in [-0.15, -0.1) is 0 Å². The Kier molecular flexibility index (Phi) is 2.88. The molecule has 0 atom stereocenters.